The molecule has 164 valence electrons. The first-order valence-electron chi connectivity index (χ1n) is 10.9. The number of hydrogen-bond acceptors (Lipinski definition) is 4. The summed E-state index contributed by atoms with van der Waals surface area (Å²) in [7, 11) is 2.13. The number of benzene rings is 2. The molecule has 0 saturated carbocycles. The van der Waals surface area contributed by atoms with Crippen molar-refractivity contribution in [2.24, 2.45) is 5.92 Å². The van der Waals surface area contributed by atoms with Crippen LogP contribution in [0, 0.1) is 5.92 Å². The first kappa shape index (κ1) is 21.7. The summed E-state index contributed by atoms with van der Waals surface area (Å²) in [5.41, 5.74) is 2.51. The van der Waals surface area contributed by atoms with Gasteiger partial charge in [-0.15, -0.1) is 0 Å². The topological polar surface area (TPSA) is 55.9 Å². The van der Waals surface area contributed by atoms with E-state index in [2.05, 4.69) is 28.2 Å². The minimum absolute atomic E-state index is 0.0183. The number of rotatable bonds is 4. The van der Waals surface area contributed by atoms with Crippen molar-refractivity contribution in [2.45, 2.75) is 12.8 Å². The van der Waals surface area contributed by atoms with Gasteiger partial charge in [-0.25, -0.2) is 0 Å². The van der Waals surface area contributed by atoms with Crippen molar-refractivity contribution in [2.75, 3.05) is 56.5 Å². The molecule has 2 amide bonds. The van der Waals surface area contributed by atoms with Crippen LogP contribution in [0.5, 0.6) is 0 Å². The zero-order chi connectivity index (χ0) is 21.8. The molecule has 2 aromatic rings. The molecule has 0 aliphatic carbocycles. The minimum Gasteiger partial charge on any atom is -0.367 e. The van der Waals surface area contributed by atoms with Crippen molar-refractivity contribution in [1.29, 1.82) is 0 Å². The summed E-state index contributed by atoms with van der Waals surface area (Å²) in [6.07, 6.45) is 1.60. The van der Waals surface area contributed by atoms with E-state index in [0.29, 0.717) is 23.7 Å². The first-order valence-corrected chi connectivity index (χ1v) is 11.3. The number of anilines is 2. The second kappa shape index (κ2) is 9.71. The van der Waals surface area contributed by atoms with Gasteiger partial charge in [0.2, 0.25) is 5.91 Å². The molecule has 1 atom stereocenters. The Hall–Kier alpha value is -2.57. The van der Waals surface area contributed by atoms with E-state index >= 15 is 0 Å². The van der Waals surface area contributed by atoms with Gasteiger partial charge >= 0.3 is 0 Å². The largest absolute Gasteiger partial charge is 0.367 e. The lowest BCUT2D eigenvalue weighted by molar-refractivity contribution is -0.121. The van der Waals surface area contributed by atoms with Crippen LogP contribution >= 0.6 is 11.6 Å². The summed E-state index contributed by atoms with van der Waals surface area (Å²) >= 11 is 5.94. The van der Waals surface area contributed by atoms with Crippen LogP contribution in [-0.2, 0) is 4.79 Å². The number of nitrogens with zero attached hydrogens (tertiary/aromatic N) is 3. The molecular formula is C24H29ClN4O2. The fourth-order valence-electron chi connectivity index (χ4n) is 4.29. The molecule has 0 bridgehead atoms. The Kier molecular flexibility index (Phi) is 6.78. The van der Waals surface area contributed by atoms with Gasteiger partial charge in [0.15, 0.2) is 0 Å². The molecule has 2 aromatic carbocycles. The van der Waals surface area contributed by atoms with Crippen molar-refractivity contribution in [1.82, 2.24) is 9.80 Å². The number of halogens is 1. The van der Waals surface area contributed by atoms with Gasteiger partial charge in [0, 0.05) is 49.9 Å². The van der Waals surface area contributed by atoms with Crippen LogP contribution in [0.25, 0.3) is 0 Å². The molecule has 0 aromatic heterocycles. The summed E-state index contributed by atoms with van der Waals surface area (Å²) in [6.45, 7) is 5.00. The number of nitrogens with one attached hydrogen (secondary N) is 1. The van der Waals surface area contributed by atoms with Gasteiger partial charge < -0.3 is 20.0 Å². The molecule has 2 aliphatic heterocycles. The number of likely N-dealkylation sites (N-methyl/N-ethyl adjacent to an activating group) is 1. The van der Waals surface area contributed by atoms with E-state index in [4.69, 9.17) is 11.6 Å². The van der Waals surface area contributed by atoms with Gasteiger partial charge in [-0.2, -0.15) is 0 Å². The Morgan fingerprint density at radius 2 is 1.68 bits per heavy atom. The molecule has 1 unspecified atom stereocenters. The maximum absolute atomic E-state index is 13.1. The standard InChI is InChI=1S/C24H29ClN4O2/c1-27-13-15-28(16-14-27)22-7-3-2-6-21(22)26-23(30)19-5-4-12-29(17-19)24(31)18-8-10-20(25)11-9-18/h2-3,6-11,19H,4-5,12-17H2,1H3,(H,26,30). The Morgan fingerprint density at radius 1 is 0.968 bits per heavy atom. The molecule has 2 saturated heterocycles. The van der Waals surface area contributed by atoms with Crippen molar-refractivity contribution in [3.8, 4) is 0 Å². The van der Waals surface area contributed by atoms with Crippen LogP contribution in [0.2, 0.25) is 5.02 Å². The molecule has 31 heavy (non-hydrogen) atoms. The van der Waals surface area contributed by atoms with E-state index < -0.39 is 0 Å². The number of amides is 2. The van der Waals surface area contributed by atoms with Crippen LogP contribution in [-0.4, -0.2) is 67.9 Å². The Labute approximate surface area is 188 Å². The predicted octanol–water partition coefficient (Wildman–Crippen LogP) is 3.58. The van der Waals surface area contributed by atoms with E-state index in [1.165, 1.54) is 0 Å². The van der Waals surface area contributed by atoms with Crippen molar-refractivity contribution < 1.29 is 9.59 Å². The molecule has 7 heteroatoms. The van der Waals surface area contributed by atoms with E-state index in [1.807, 2.05) is 18.2 Å². The number of carbonyl (C=O) groups is 2. The number of para-hydroxylation sites is 2. The summed E-state index contributed by atoms with van der Waals surface area (Å²) in [6, 6.07) is 14.9. The fourth-order valence-corrected chi connectivity index (χ4v) is 4.41. The van der Waals surface area contributed by atoms with E-state index in [9.17, 15) is 9.59 Å². The third kappa shape index (κ3) is 5.20. The molecule has 4 rings (SSSR count). The van der Waals surface area contributed by atoms with Gasteiger partial charge in [0.05, 0.1) is 17.3 Å². The molecule has 2 aliphatic rings. The highest BCUT2D eigenvalue weighted by atomic mass is 35.5. The van der Waals surface area contributed by atoms with Crippen LogP contribution in [0.4, 0.5) is 11.4 Å². The highest BCUT2D eigenvalue weighted by molar-refractivity contribution is 6.30. The summed E-state index contributed by atoms with van der Waals surface area (Å²) < 4.78 is 0. The van der Waals surface area contributed by atoms with Crippen LogP contribution < -0.4 is 10.2 Å². The predicted molar refractivity (Wildman–Crippen MR) is 125 cm³/mol. The quantitative estimate of drug-likeness (QED) is 0.789. The van der Waals surface area contributed by atoms with Crippen LogP contribution in [0.1, 0.15) is 23.2 Å². The lowest BCUT2D eigenvalue weighted by Crippen LogP contribution is -2.45. The third-order valence-corrected chi connectivity index (χ3v) is 6.43. The Balaban J connectivity index is 1.42. The summed E-state index contributed by atoms with van der Waals surface area (Å²) in [5.74, 6) is -0.285. The van der Waals surface area contributed by atoms with Gasteiger partial charge in [0.1, 0.15) is 0 Å². The van der Waals surface area contributed by atoms with Crippen LogP contribution in [0.15, 0.2) is 48.5 Å². The summed E-state index contributed by atoms with van der Waals surface area (Å²) in [5, 5.41) is 3.75. The van der Waals surface area contributed by atoms with Crippen molar-refractivity contribution in [3.05, 3.63) is 59.1 Å². The fraction of sp³-hybridized carbons (Fsp3) is 0.417. The molecule has 2 fully saturated rings. The van der Waals surface area contributed by atoms with Gasteiger partial charge in [-0.05, 0) is 56.3 Å². The molecule has 2 heterocycles. The summed E-state index contributed by atoms with van der Waals surface area (Å²) in [4.78, 5) is 32.4. The molecule has 1 N–H and O–H groups in total. The van der Waals surface area contributed by atoms with E-state index in [1.54, 1.807) is 29.2 Å². The third-order valence-electron chi connectivity index (χ3n) is 6.18. The maximum Gasteiger partial charge on any atom is 0.253 e. The van der Waals surface area contributed by atoms with E-state index in [-0.39, 0.29) is 17.7 Å². The van der Waals surface area contributed by atoms with Crippen molar-refractivity contribution in [3.63, 3.8) is 0 Å². The molecule has 6 nitrogen and oxygen atoms in total. The zero-order valence-corrected chi connectivity index (χ0v) is 18.6. The molecule has 0 radical (unpaired) electrons. The second-order valence-corrected chi connectivity index (χ2v) is 8.83. The average molecular weight is 441 g/mol. The minimum atomic E-state index is -0.217. The van der Waals surface area contributed by atoms with Gasteiger partial charge in [-0.3, -0.25) is 9.59 Å². The second-order valence-electron chi connectivity index (χ2n) is 8.39. The smallest absolute Gasteiger partial charge is 0.253 e. The Morgan fingerprint density at radius 3 is 2.42 bits per heavy atom. The SMILES string of the molecule is CN1CCN(c2ccccc2NC(=O)C2CCCN(C(=O)c3ccc(Cl)cc3)C2)CC1. The normalized spacial score (nSPS) is 19.9. The number of hydrogen-bond donors (Lipinski definition) is 1. The number of carbonyl (C=O) groups excluding carboxylic acids is 2. The number of likely N-dealkylation sites (tertiary alicyclic amines) is 1. The molecular weight excluding hydrogens is 412 g/mol. The van der Waals surface area contributed by atoms with E-state index in [0.717, 1.165) is 50.4 Å². The highest BCUT2D eigenvalue weighted by Crippen LogP contribution is 2.28. The van der Waals surface area contributed by atoms with Crippen LogP contribution in [0.3, 0.4) is 0 Å². The average Bonchev–Trinajstić information content (AvgIpc) is 2.80. The first-order chi connectivity index (χ1) is 15.0. The number of piperidine rings is 1. The highest BCUT2D eigenvalue weighted by Gasteiger charge is 2.29. The maximum atomic E-state index is 13.1. The monoisotopic (exact) mass is 440 g/mol. The zero-order valence-electron chi connectivity index (χ0n) is 17.9. The van der Waals surface area contributed by atoms with Crippen molar-refractivity contribution >= 4 is 34.8 Å². The van der Waals surface area contributed by atoms with Gasteiger partial charge in [0.25, 0.3) is 5.91 Å². The lowest BCUT2D eigenvalue weighted by atomic mass is 9.96. The number of piperazine rings is 1. The Bertz CT molecular complexity index is 925. The molecule has 0 spiro atoms. The van der Waals surface area contributed by atoms with Gasteiger partial charge in [-0.1, -0.05) is 23.7 Å². The lowest BCUT2D eigenvalue weighted by Gasteiger charge is -2.35.